The number of nitrogens with one attached hydrogen (secondary N) is 1. The number of benzene rings is 1. The first-order valence-corrected chi connectivity index (χ1v) is 7.39. The zero-order valence-electron chi connectivity index (χ0n) is 10.1. The van der Waals surface area contributed by atoms with E-state index in [1.165, 1.54) is 4.31 Å². The molecule has 1 saturated heterocycles. The molecule has 0 bridgehead atoms. The average molecular weight is 265 g/mol. The monoisotopic (exact) mass is 265 g/mol. The van der Waals surface area contributed by atoms with E-state index in [9.17, 15) is 8.42 Å². The maximum Gasteiger partial charge on any atom is 0.236 e. The van der Waals surface area contributed by atoms with Gasteiger partial charge in [-0.3, -0.25) is 4.31 Å². The summed E-state index contributed by atoms with van der Waals surface area (Å²) in [6, 6.07) is 8.63. The van der Waals surface area contributed by atoms with Crippen molar-refractivity contribution in [1.29, 1.82) is 5.26 Å². The van der Waals surface area contributed by atoms with Crippen LogP contribution in [0.5, 0.6) is 0 Å². The normalized spacial score (nSPS) is 23.1. The summed E-state index contributed by atoms with van der Waals surface area (Å²) in [5.74, 6) is 0.0527. The Morgan fingerprint density at radius 3 is 2.89 bits per heavy atom. The Morgan fingerprint density at radius 1 is 1.44 bits per heavy atom. The maximum atomic E-state index is 12.3. The van der Waals surface area contributed by atoms with Gasteiger partial charge < -0.3 is 5.32 Å². The predicted octanol–water partition coefficient (Wildman–Crippen LogP) is 0.686. The lowest BCUT2D eigenvalue weighted by molar-refractivity contribution is 0.585. The van der Waals surface area contributed by atoms with Crippen LogP contribution in [-0.2, 0) is 10.0 Å². The van der Waals surface area contributed by atoms with Crippen molar-refractivity contribution in [2.45, 2.75) is 13.0 Å². The minimum absolute atomic E-state index is 0.0527. The predicted molar refractivity (Wildman–Crippen MR) is 69.8 cm³/mol. The highest BCUT2D eigenvalue weighted by molar-refractivity contribution is 7.92. The van der Waals surface area contributed by atoms with Gasteiger partial charge in [0.05, 0.1) is 23.0 Å². The molecule has 18 heavy (non-hydrogen) atoms. The first-order valence-electron chi connectivity index (χ1n) is 5.78. The summed E-state index contributed by atoms with van der Waals surface area (Å²) >= 11 is 0. The standard InChI is InChI=1S/C12H15N3O2S/c1-10-9-14-6-7-18(16,17)15(10)12-5-3-2-4-11(12)8-13/h2-5,10,14H,6-7,9H2,1H3. The smallest absolute Gasteiger partial charge is 0.236 e. The number of sulfonamides is 1. The van der Waals surface area contributed by atoms with Crippen LogP contribution in [0.1, 0.15) is 12.5 Å². The first-order chi connectivity index (χ1) is 8.56. The summed E-state index contributed by atoms with van der Waals surface area (Å²) in [5, 5.41) is 12.2. The quantitative estimate of drug-likeness (QED) is 0.810. The Bertz CT molecular complexity index is 577. The number of hydrogen-bond acceptors (Lipinski definition) is 4. The zero-order valence-corrected chi connectivity index (χ0v) is 10.9. The second-order valence-corrected chi connectivity index (χ2v) is 6.26. The molecule has 0 saturated carbocycles. The van der Waals surface area contributed by atoms with Crippen LogP contribution in [0.15, 0.2) is 24.3 Å². The van der Waals surface area contributed by atoms with Gasteiger partial charge >= 0.3 is 0 Å². The fourth-order valence-corrected chi connectivity index (χ4v) is 3.80. The topological polar surface area (TPSA) is 73.2 Å². The van der Waals surface area contributed by atoms with E-state index in [2.05, 4.69) is 5.32 Å². The van der Waals surface area contributed by atoms with E-state index in [1.807, 2.05) is 13.0 Å². The summed E-state index contributed by atoms with van der Waals surface area (Å²) in [7, 11) is -3.38. The fourth-order valence-electron chi connectivity index (χ4n) is 2.12. The van der Waals surface area contributed by atoms with E-state index in [-0.39, 0.29) is 11.8 Å². The molecule has 0 spiro atoms. The maximum absolute atomic E-state index is 12.3. The van der Waals surface area contributed by atoms with Crippen molar-refractivity contribution in [2.24, 2.45) is 0 Å². The number of rotatable bonds is 1. The fraction of sp³-hybridized carbons (Fsp3) is 0.417. The molecule has 2 rings (SSSR count). The van der Waals surface area contributed by atoms with Gasteiger partial charge in [0.25, 0.3) is 0 Å². The molecule has 1 N–H and O–H groups in total. The summed E-state index contributed by atoms with van der Waals surface area (Å²) in [6.45, 7) is 2.86. The van der Waals surface area contributed by atoms with Gasteiger partial charge in [-0.2, -0.15) is 5.26 Å². The molecule has 1 atom stereocenters. The molecule has 0 radical (unpaired) electrons. The van der Waals surface area contributed by atoms with Crippen molar-refractivity contribution < 1.29 is 8.42 Å². The third kappa shape index (κ3) is 2.33. The lowest BCUT2D eigenvalue weighted by atomic mass is 10.2. The van der Waals surface area contributed by atoms with Gasteiger partial charge in [-0.25, -0.2) is 8.42 Å². The van der Waals surface area contributed by atoms with Crippen LogP contribution in [0.25, 0.3) is 0 Å². The molecular formula is C12H15N3O2S. The van der Waals surface area contributed by atoms with Crippen molar-refractivity contribution in [3.63, 3.8) is 0 Å². The van der Waals surface area contributed by atoms with Crippen LogP contribution in [0.3, 0.4) is 0 Å². The molecule has 1 heterocycles. The van der Waals surface area contributed by atoms with E-state index in [0.29, 0.717) is 24.3 Å². The third-order valence-corrected chi connectivity index (χ3v) is 4.81. The number of nitriles is 1. The summed E-state index contributed by atoms with van der Waals surface area (Å²) in [6.07, 6.45) is 0. The number of hydrogen-bond donors (Lipinski definition) is 1. The van der Waals surface area contributed by atoms with Gasteiger partial charge in [-0.1, -0.05) is 12.1 Å². The molecule has 0 aromatic heterocycles. The number of para-hydroxylation sites is 1. The highest BCUT2D eigenvalue weighted by Crippen LogP contribution is 2.26. The highest BCUT2D eigenvalue weighted by Gasteiger charge is 2.31. The number of anilines is 1. The lowest BCUT2D eigenvalue weighted by Gasteiger charge is -2.28. The van der Waals surface area contributed by atoms with Crippen molar-refractivity contribution in [3.05, 3.63) is 29.8 Å². The highest BCUT2D eigenvalue weighted by atomic mass is 32.2. The molecule has 6 heteroatoms. The van der Waals surface area contributed by atoms with E-state index in [1.54, 1.807) is 24.3 Å². The third-order valence-electron chi connectivity index (χ3n) is 2.94. The Labute approximate surface area is 107 Å². The van der Waals surface area contributed by atoms with Crippen LogP contribution < -0.4 is 9.62 Å². The molecule has 1 aliphatic rings. The van der Waals surface area contributed by atoms with Crippen molar-refractivity contribution >= 4 is 15.7 Å². The average Bonchev–Trinajstić information content (AvgIpc) is 2.47. The van der Waals surface area contributed by atoms with Gasteiger partial charge in [-0.05, 0) is 19.1 Å². The Balaban J connectivity index is 2.55. The Hall–Kier alpha value is -1.58. The lowest BCUT2D eigenvalue weighted by Crippen LogP contribution is -2.41. The summed E-state index contributed by atoms with van der Waals surface area (Å²) in [5.41, 5.74) is 0.853. The molecule has 0 amide bonds. The molecule has 1 aromatic carbocycles. The van der Waals surface area contributed by atoms with Crippen molar-refractivity contribution in [2.75, 3.05) is 23.1 Å². The minimum atomic E-state index is -3.38. The minimum Gasteiger partial charge on any atom is -0.314 e. The molecule has 1 aliphatic heterocycles. The van der Waals surface area contributed by atoms with E-state index >= 15 is 0 Å². The SMILES string of the molecule is CC1CNCCS(=O)(=O)N1c1ccccc1C#N. The molecule has 1 unspecified atom stereocenters. The van der Waals surface area contributed by atoms with E-state index in [4.69, 9.17) is 5.26 Å². The van der Waals surface area contributed by atoms with Gasteiger partial charge in [0.15, 0.2) is 0 Å². The number of nitrogens with zero attached hydrogens (tertiary/aromatic N) is 2. The van der Waals surface area contributed by atoms with Gasteiger partial charge in [-0.15, -0.1) is 0 Å². The van der Waals surface area contributed by atoms with Crippen LogP contribution in [0.2, 0.25) is 0 Å². The Kier molecular flexibility index (Phi) is 3.55. The van der Waals surface area contributed by atoms with Crippen LogP contribution in [0.4, 0.5) is 5.69 Å². The van der Waals surface area contributed by atoms with Crippen LogP contribution in [-0.4, -0.2) is 33.3 Å². The molecule has 1 aromatic rings. The van der Waals surface area contributed by atoms with E-state index < -0.39 is 10.0 Å². The second-order valence-electron chi connectivity index (χ2n) is 4.29. The summed E-state index contributed by atoms with van der Waals surface area (Å²) in [4.78, 5) is 0. The first kappa shape index (κ1) is 12.9. The Morgan fingerprint density at radius 2 is 2.17 bits per heavy atom. The van der Waals surface area contributed by atoms with E-state index in [0.717, 1.165) is 0 Å². The molecule has 5 nitrogen and oxygen atoms in total. The molecule has 0 aliphatic carbocycles. The van der Waals surface area contributed by atoms with Crippen LogP contribution in [0, 0.1) is 11.3 Å². The van der Waals surface area contributed by atoms with Gasteiger partial charge in [0.2, 0.25) is 10.0 Å². The molecular weight excluding hydrogens is 250 g/mol. The zero-order chi connectivity index (χ0) is 13.2. The largest absolute Gasteiger partial charge is 0.314 e. The van der Waals surface area contributed by atoms with Gasteiger partial charge in [0, 0.05) is 13.1 Å². The van der Waals surface area contributed by atoms with Crippen molar-refractivity contribution in [1.82, 2.24) is 5.32 Å². The van der Waals surface area contributed by atoms with Gasteiger partial charge in [0.1, 0.15) is 6.07 Å². The molecule has 1 fully saturated rings. The van der Waals surface area contributed by atoms with Crippen molar-refractivity contribution in [3.8, 4) is 6.07 Å². The molecule has 96 valence electrons. The van der Waals surface area contributed by atoms with Crippen LogP contribution >= 0.6 is 0 Å². The second kappa shape index (κ2) is 4.96. The summed E-state index contributed by atoms with van der Waals surface area (Å²) < 4.78 is 25.9.